The number of rotatable bonds is 10. The van der Waals surface area contributed by atoms with Crippen LogP contribution in [0.15, 0.2) is 91.0 Å². The highest BCUT2D eigenvalue weighted by Gasteiger charge is 2.55. The third kappa shape index (κ3) is 5.91. The topological polar surface area (TPSA) is 77.4 Å². The summed E-state index contributed by atoms with van der Waals surface area (Å²) in [6.45, 7) is 2.31. The van der Waals surface area contributed by atoms with E-state index < -0.39 is 30.2 Å². The van der Waals surface area contributed by atoms with Gasteiger partial charge in [-0.2, -0.15) is 0 Å². The van der Waals surface area contributed by atoms with Gasteiger partial charge in [0.1, 0.15) is 23.9 Å². The molecule has 0 aromatic heterocycles. The molecule has 6 nitrogen and oxygen atoms in total. The lowest BCUT2D eigenvalue weighted by Crippen LogP contribution is -2.67. The molecule has 3 aromatic rings. The quantitative estimate of drug-likeness (QED) is 0.475. The first-order chi connectivity index (χ1) is 16.6. The maximum absolute atomic E-state index is 11.0. The molecular weight excluding hydrogens is 432 g/mol. The van der Waals surface area contributed by atoms with Crippen molar-refractivity contribution < 1.29 is 29.2 Å². The third-order valence-corrected chi connectivity index (χ3v) is 6.15. The summed E-state index contributed by atoms with van der Waals surface area (Å²) < 4.78 is 24.7. The molecule has 1 aliphatic heterocycles. The van der Waals surface area contributed by atoms with Crippen LogP contribution in [0.1, 0.15) is 23.6 Å². The van der Waals surface area contributed by atoms with E-state index in [0.717, 1.165) is 16.7 Å². The maximum atomic E-state index is 11.0. The molecule has 0 saturated carbocycles. The maximum Gasteiger partial charge on any atom is 0.187 e. The zero-order chi connectivity index (χ0) is 23.8. The predicted octanol–water partition coefficient (Wildman–Crippen LogP) is 3.84. The van der Waals surface area contributed by atoms with E-state index in [9.17, 15) is 10.2 Å². The van der Waals surface area contributed by atoms with E-state index in [2.05, 4.69) is 0 Å². The Kier molecular flexibility index (Phi) is 8.45. The molecule has 5 atom stereocenters. The fraction of sp³-hybridized carbons (Fsp3) is 0.357. The number of hydrogen-bond donors (Lipinski definition) is 2. The number of ether oxygens (including phenoxy) is 4. The van der Waals surface area contributed by atoms with Crippen LogP contribution in [0.25, 0.3) is 0 Å². The van der Waals surface area contributed by atoms with Gasteiger partial charge in [0, 0.05) is 0 Å². The van der Waals surface area contributed by atoms with E-state index in [4.69, 9.17) is 18.9 Å². The van der Waals surface area contributed by atoms with Crippen molar-refractivity contribution in [3.63, 3.8) is 0 Å². The Balaban J connectivity index is 1.59. The molecule has 0 radical (unpaired) electrons. The largest absolute Gasteiger partial charge is 0.394 e. The summed E-state index contributed by atoms with van der Waals surface area (Å²) in [5, 5.41) is 21.0. The van der Waals surface area contributed by atoms with Crippen LogP contribution in [0.5, 0.6) is 0 Å². The van der Waals surface area contributed by atoms with Crippen molar-refractivity contribution in [3.8, 4) is 0 Å². The lowest BCUT2D eigenvalue weighted by molar-refractivity contribution is -0.352. The van der Waals surface area contributed by atoms with Gasteiger partial charge in [0.05, 0.1) is 26.4 Å². The van der Waals surface area contributed by atoms with Crippen molar-refractivity contribution in [2.75, 3.05) is 6.61 Å². The average Bonchev–Trinajstić information content (AvgIpc) is 2.89. The van der Waals surface area contributed by atoms with Crippen molar-refractivity contribution in [1.82, 2.24) is 0 Å². The molecular formula is C28H32O6. The van der Waals surface area contributed by atoms with E-state index in [1.54, 1.807) is 6.92 Å². The van der Waals surface area contributed by atoms with E-state index >= 15 is 0 Å². The molecule has 0 spiro atoms. The molecule has 1 heterocycles. The van der Waals surface area contributed by atoms with Crippen molar-refractivity contribution in [2.24, 2.45) is 0 Å². The SMILES string of the molecule is C[C@]1(OCc2ccccc2)[C@@H](O)O[C@H](CO)[C@@H](OCc2ccccc2)[C@@H]1OCc1ccccc1. The highest BCUT2D eigenvalue weighted by Crippen LogP contribution is 2.37. The minimum Gasteiger partial charge on any atom is -0.394 e. The molecule has 1 saturated heterocycles. The van der Waals surface area contributed by atoms with Gasteiger partial charge < -0.3 is 29.2 Å². The van der Waals surface area contributed by atoms with Crippen LogP contribution >= 0.6 is 0 Å². The Labute approximate surface area is 200 Å². The normalized spacial score (nSPS) is 26.9. The summed E-state index contributed by atoms with van der Waals surface area (Å²) >= 11 is 0. The first-order valence-corrected chi connectivity index (χ1v) is 11.5. The zero-order valence-corrected chi connectivity index (χ0v) is 19.3. The summed E-state index contributed by atoms with van der Waals surface area (Å²) in [4.78, 5) is 0. The molecule has 4 rings (SSSR count). The number of benzene rings is 3. The van der Waals surface area contributed by atoms with Gasteiger partial charge >= 0.3 is 0 Å². The molecule has 0 unspecified atom stereocenters. The van der Waals surface area contributed by atoms with Gasteiger partial charge in [0.15, 0.2) is 6.29 Å². The van der Waals surface area contributed by atoms with Gasteiger partial charge in [-0.05, 0) is 23.6 Å². The molecule has 34 heavy (non-hydrogen) atoms. The first-order valence-electron chi connectivity index (χ1n) is 11.5. The number of aliphatic hydroxyl groups excluding tert-OH is 2. The van der Waals surface area contributed by atoms with Gasteiger partial charge in [0.25, 0.3) is 0 Å². The third-order valence-electron chi connectivity index (χ3n) is 6.15. The van der Waals surface area contributed by atoms with Gasteiger partial charge in [-0.15, -0.1) is 0 Å². The standard InChI is InChI=1S/C28H32O6/c1-28(33-20-23-15-9-4-10-16-23)26(32-19-22-13-7-3-8-14-22)25(24(17-29)34-27(28)30)31-18-21-11-5-2-6-12-21/h2-16,24-27,29-30H,17-20H2,1H3/t24-,25-,26+,27+,28-/m1/s1. The van der Waals surface area contributed by atoms with Gasteiger partial charge in [-0.25, -0.2) is 0 Å². The Hall–Kier alpha value is -2.58. The smallest absolute Gasteiger partial charge is 0.187 e. The fourth-order valence-electron chi connectivity index (χ4n) is 4.14. The summed E-state index contributed by atoms with van der Waals surface area (Å²) in [6, 6.07) is 29.3. The first kappa shape index (κ1) is 24.5. The average molecular weight is 465 g/mol. The van der Waals surface area contributed by atoms with E-state index in [-0.39, 0.29) is 13.2 Å². The summed E-state index contributed by atoms with van der Waals surface area (Å²) in [6.07, 6.45) is -3.46. The Bertz CT molecular complexity index is 984. The predicted molar refractivity (Wildman–Crippen MR) is 128 cm³/mol. The molecule has 1 aliphatic rings. The second-order valence-corrected chi connectivity index (χ2v) is 8.65. The van der Waals surface area contributed by atoms with Crippen LogP contribution < -0.4 is 0 Å². The van der Waals surface area contributed by atoms with Crippen LogP contribution in [-0.4, -0.2) is 47.0 Å². The minimum atomic E-state index is -1.31. The molecule has 6 heteroatoms. The van der Waals surface area contributed by atoms with Crippen LogP contribution in [0, 0.1) is 0 Å². The van der Waals surface area contributed by atoms with E-state index in [1.807, 2.05) is 91.0 Å². The van der Waals surface area contributed by atoms with E-state index in [1.165, 1.54) is 0 Å². The van der Waals surface area contributed by atoms with Crippen molar-refractivity contribution in [1.29, 1.82) is 0 Å². The molecule has 0 bridgehead atoms. The summed E-state index contributed by atoms with van der Waals surface area (Å²) in [7, 11) is 0. The number of hydrogen-bond acceptors (Lipinski definition) is 6. The Morgan fingerprint density at radius 3 is 1.71 bits per heavy atom. The number of aliphatic hydroxyl groups is 2. The van der Waals surface area contributed by atoms with Crippen molar-refractivity contribution in [2.45, 2.75) is 56.9 Å². The van der Waals surface area contributed by atoms with Crippen molar-refractivity contribution >= 4 is 0 Å². The molecule has 3 aromatic carbocycles. The Morgan fingerprint density at radius 1 is 0.735 bits per heavy atom. The van der Waals surface area contributed by atoms with Crippen LogP contribution in [0.4, 0.5) is 0 Å². The van der Waals surface area contributed by atoms with Crippen molar-refractivity contribution in [3.05, 3.63) is 108 Å². The van der Waals surface area contributed by atoms with Crippen LogP contribution in [-0.2, 0) is 38.8 Å². The molecule has 2 N–H and O–H groups in total. The van der Waals surface area contributed by atoms with Gasteiger partial charge in [-0.3, -0.25) is 0 Å². The lowest BCUT2D eigenvalue weighted by Gasteiger charge is -2.50. The molecule has 0 aliphatic carbocycles. The molecule has 1 fully saturated rings. The van der Waals surface area contributed by atoms with Gasteiger partial charge in [0.2, 0.25) is 0 Å². The molecule has 180 valence electrons. The second-order valence-electron chi connectivity index (χ2n) is 8.65. The summed E-state index contributed by atoms with van der Waals surface area (Å²) in [5.41, 5.74) is 1.69. The monoisotopic (exact) mass is 464 g/mol. The van der Waals surface area contributed by atoms with E-state index in [0.29, 0.717) is 13.2 Å². The van der Waals surface area contributed by atoms with Gasteiger partial charge in [-0.1, -0.05) is 91.0 Å². The fourth-order valence-corrected chi connectivity index (χ4v) is 4.14. The highest BCUT2D eigenvalue weighted by molar-refractivity contribution is 5.16. The second kappa shape index (κ2) is 11.7. The van der Waals surface area contributed by atoms with Crippen LogP contribution in [0.3, 0.4) is 0 Å². The minimum absolute atomic E-state index is 0.262. The highest BCUT2D eigenvalue weighted by atomic mass is 16.7. The lowest BCUT2D eigenvalue weighted by atomic mass is 9.87. The van der Waals surface area contributed by atoms with Crippen LogP contribution in [0.2, 0.25) is 0 Å². The molecule has 0 amide bonds. The summed E-state index contributed by atoms with van der Waals surface area (Å²) in [5.74, 6) is 0. The Morgan fingerprint density at radius 2 is 1.21 bits per heavy atom. The zero-order valence-electron chi connectivity index (χ0n) is 19.3.